The van der Waals surface area contributed by atoms with Crippen LogP contribution in [0.1, 0.15) is 36.6 Å². The van der Waals surface area contributed by atoms with Gasteiger partial charge in [-0.2, -0.15) is 10.4 Å². The molecule has 1 saturated heterocycles. The molecule has 0 radical (unpaired) electrons. The van der Waals surface area contributed by atoms with Gasteiger partial charge in [-0.05, 0) is 68.7 Å². The normalized spacial score (nSPS) is 15.5. The number of hydrogen-bond donors (Lipinski definition) is 0. The van der Waals surface area contributed by atoms with Gasteiger partial charge in [0.15, 0.2) is 11.6 Å². The van der Waals surface area contributed by atoms with E-state index in [0.29, 0.717) is 17.7 Å². The second kappa shape index (κ2) is 11.0. The highest BCUT2D eigenvalue weighted by atomic mass is 32.2. The fourth-order valence-corrected chi connectivity index (χ4v) is 6.47. The van der Waals surface area contributed by atoms with Crippen molar-refractivity contribution in [1.82, 2.24) is 13.8 Å². The Bertz CT molecular complexity index is 1940. The second-order valence-electron chi connectivity index (χ2n) is 10.1. The van der Waals surface area contributed by atoms with Crippen molar-refractivity contribution in [3.8, 4) is 28.8 Å². The standard InChI is InChI=1S/C31H26F2N4O4S/c1-20-5-8-22(9-6-20)42(38,39)37-16-12-23-24(11-14-34)31(27(33)19-29(23)37)41-21-7-10-26(32)25(18-21)28-13-15-36(35-28)30-4-2-3-17-40-30/h5-10,12-13,15-16,18-19,30H,2-4,11,17H2,1H3. The number of ether oxygens (including phenoxy) is 2. The third-order valence-electron chi connectivity index (χ3n) is 7.30. The van der Waals surface area contributed by atoms with Gasteiger partial charge in [0.1, 0.15) is 17.8 Å². The zero-order valence-corrected chi connectivity index (χ0v) is 23.4. The molecule has 1 aliphatic rings. The first kappa shape index (κ1) is 27.6. The maximum Gasteiger partial charge on any atom is 0.268 e. The minimum absolute atomic E-state index is 0.0458. The SMILES string of the molecule is Cc1ccc(S(=O)(=O)n2ccc3c(CC#N)c(Oc4ccc(F)c(-c5ccn(C6CCCCO6)n5)c4)c(F)cc32)cc1. The van der Waals surface area contributed by atoms with E-state index in [4.69, 9.17) is 9.47 Å². The van der Waals surface area contributed by atoms with Crippen molar-refractivity contribution in [1.29, 1.82) is 5.26 Å². The van der Waals surface area contributed by atoms with Crippen LogP contribution in [0.4, 0.5) is 8.78 Å². The second-order valence-corrected chi connectivity index (χ2v) is 11.9. The lowest BCUT2D eigenvalue weighted by molar-refractivity contribution is -0.0393. The molecule has 2 aromatic heterocycles. The van der Waals surface area contributed by atoms with E-state index < -0.39 is 21.7 Å². The van der Waals surface area contributed by atoms with E-state index in [-0.39, 0.29) is 45.7 Å². The number of aryl methyl sites for hydroxylation is 1. The van der Waals surface area contributed by atoms with E-state index in [2.05, 4.69) is 5.10 Å². The van der Waals surface area contributed by atoms with Crippen LogP contribution >= 0.6 is 0 Å². The number of aromatic nitrogens is 3. The summed E-state index contributed by atoms with van der Waals surface area (Å²) in [7, 11) is -4.04. The molecule has 1 fully saturated rings. The summed E-state index contributed by atoms with van der Waals surface area (Å²) in [5.41, 5.74) is 1.65. The Hall–Kier alpha value is -4.53. The minimum atomic E-state index is -4.04. The summed E-state index contributed by atoms with van der Waals surface area (Å²) in [6.45, 7) is 2.48. The Morgan fingerprint density at radius 1 is 1.05 bits per heavy atom. The van der Waals surface area contributed by atoms with E-state index in [1.165, 1.54) is 42.6 Å². The van der Waals surface area contributed by atoms with Crippen molar-refractivity contribution >= 4 is 20.9 Å². The van der Waals surface area contributed by atoms with Gasteiger partial charge in [0.25, 0.3) is 10.0 Å². The van der Waals surface area contributed by atoms with E-state index in [1.54, 1.807) is 29.1 Å². The van der Waals surface area contributed by atoms with Crippen LogP contribution in [-0.4, -0.2) is 28.8 Å². The summed E-state index contributed by atoms with van der Waals surface area (Å²) in [5, 5.41) is 14.4. The zero-order valence-electron chi connectivity index (χ0n) is 22.6. The molecule has 5 aromatic rings. The molecular formula is C31H26F2N4O4S. The highest BCUT2D eigenvalue weighted by Crippen LogP contribution is 2.38. The van der Waals surface area contributed by atoms with E-state index in [9.17, 15) is 18.1 Å². The lowest BCUT2D eigenvalue weighted by Crippen LogP contribution is -2.18. The predicted octanol–water partition coefficient (Wildman–Crippen LogP) is 6.89. The van der Waals surface area contributed by atoms with Crippen LogP contribution in [0.15, 0.2) is 78.0 Å². The van der Waals surface area contributed by atoms with Crippen molar-refractivity contribution in [3.05, 3.63) is 95.8 Å². The molecule has 0 amide bonds. The van der Waals surface area contributed by atoms with Crippen LogP contribution in [0.25, 0.3) is 22.2 Å². The van der Waals surface area contributed by atoms with Crippen molar-refractivity contribution in [2.45, 2.75) is 43.7 Å². The Kier molecular flexibility index (Phi) is 7.26. The predicted molar refractivity (Wildman–Crippen MR) is 152 cm³/mol. The first-order valence-electron chi connectivity index (χ1n) is 13.4. The number of fused-ring (bicyclic) bond motifs is 1. The lowest BCUT2D eigenvalue weighted by atomic mass is 10.1. The molecule has 1 aliphatic heterocycles. The number of benzene rings is 3. The molecule has 42 heavy (non-hydrogen) atoms. The van der Waals surface area contributed by atoms with Crippen LogP contribution in [0.2, 0.25) is 0 Å². The smallest absolute Gasteiger partial charge is 0.268 e. The molecule has 0 bridgehead atoms. The molecule has 0 spiro atoms. The molecule has 3 aromatic carbocycles. The summed E-state index contributed by atoms with van der Waals surface area (Å²) >= 11 is 0. The van der Waals surface area contributed by atoms with Gasteiger partial charge in [-0.15, -0.1) is 0 Å². The molecule has 1 atom stereocenters. The maximum absolute atomic E-state index is 15.7. The van der Waals surface area contributed by atoms with Gasteiger partial charge in [-0.3, -0.25) is 0 Å². The molecular weight excluding hydrogens is 562 g/mol. The Balaban J connectivity index is 1.37. The van der Waals surface area contributed by atoms with Gasteiger partial charge in [-0.25, -0.2) is 25.9 Å². The van der Waals surface area contributed by atoms with Crippen LogP contribution in [0.5, 0.6) is 11.5 Å². The first-order valence-corrected chi connectivity index (χ1v) is 14.9. The molecule has 0 N–H and O–H groups in total. The van der Waals surface area contributed by atoms with E-state index >= 15 is 4.39 Å². The van der Waals surface area contributed by atoms with Crippen LogP contribution < -0.4 is 4.74 Å². The summed E-state index contributed by atoms with van der Waals surface area (Å²) in [5.74, 6) is -1.52. The minimum Gasteiger partial charge on any atom is -0.454 e. The topological polar surface area (TPSA) is 99.1 Å². The van der Waals surface area contributed by atoms with Gasteiger partial charge in [0.05, 0.1) is 28.6 Å². The molecule has 8 nitrogen and oxygen atoms in total. The number of hydrogen-bond acceptors (Lipinski definition) is 6. The number of rotatable bonds is 7. The lowest BCUT2D eigenvalue weighted by Gasteiger charge is -2.22. The molecule has 0 saturated carbocycles. The van der Waals surface area contributed by atoms with E-state index in [0.717, 1.165) is 34.9 Å². The average Bonchev–Trinajstić information content (AvgIpc) is 3.65. The largest absolute Gasteiger partial charge is 0.454 e. The third-order valence-corrected chi connectivity index (χ3v) is 9.00. The maximum atomic E-state index is 15.7. The van der Waals surface area contributed by atoms with Crippen LogP contribution in [0.3, 0.4) is 0 Å². The third kappa shape index (κ3) is 5.04. The summed E-state index contributed by atoms with van der Waals surface area (Å²) in [4.78, 5) is 0.0458. The van der Waals surface area contributed by atoms with Crippen molar-refractivity contribution < 1.29 is 26.7 Å². The van der Waals surface area contributed by atoms with Crippen molar-refractivity contribution in [3.63, 3.8) is 0 Å². The number of nitrogens with zero attached hydrogens (tertiary/aromatic N) is 4. The van der Waals surface area contributed by atoms with E-state index in [1.807, 2.05) is 13.0 Å². The van der Waals surface area contributed by atoms with Gasteiger partial charge < -0.3 is 9.47 Å². The number of nitriles is 1. The summed E-state index contributed by atoms with van der Waals surface area (Å²) in [6.07, 6.45) is 5.40. The molecule has 0 aliphatic carbocycles. The molecule has 11 heteroatoms. The molecule has 1 unspecified atom stereocenters. The molecule has 6 rings (SSSR count). The molecule has 214 valence electrons. The fourth-order valence-electron chi connectivity index (χ4n) is 5.13. The van der Waals surface area contributed by atoms with Crippen molar-refractivity contribution in [2.24, 2.45) is 0 Å². The summed E-state index contributed by atoms with van der Waals surface area (Å²) < 4.78 is 71.6. The van der Waals surface area contributed by atoms with Gasteiger partial charge in [0.2, 0.25) is 0 Å². The quantitative estimate of drug-likeness (QED) is 0.205. The van der Waals surface area contributed by atoms with Gasteiger partial charge in [0, 0.05) is 41.6 Å². The number of halogens is 2. The Morgan fingerprint density at radius 2 is 1.86 bits per heavy atom. The van der Waals surface area contributed by atoms with Crippen molar-refractivity contribution in [2.75, 3.05) is 6.61 Å². The Labute approximate surface area is 241 Å². The average molecular weight is 589 g/mol. The molecule has 3 heterocycles. The van der Waals surface area contributed by atoms with Crippen LogP contribution in [-0.2, 0) is 21.2 Å². The summed E-state index contributed by atoms with van der Waals surface area (Å²) in [6, 6.07) is 16.5. The monoisotopic (exact) mass is 588 g/mol. The van der Waals surface area contributed by atoms with Gasteiger partial charge >= 0.3 is 0 Å². The van der Waals surface area contributed by atoms with Crippen LogP contribution in [0, 0.1) is 29.9 Å². The highest BCUT2D eigenvalue weighted by Gasteiger charge is 2.24. The highest BCUT2D eigenvalue weighted by molar-refractivity contribution is 7.90. The Morgan fingerprint density at radius 3 is 2.60 bits per heavy atom. The van der Waals surface area contributed by atoms with Gasteiger partial charge in [-0.1, -0.05) is 17.7 Å². The fraction of sp³-hybridized carbons (Fsp3) is 0.226. The first-order chi connectivity index (χ1) is 20.3. The zero-order chi connectivity index (χ0) is 29.4.